The zero-order valence-corrected chi connectivity index (χ0v) is 21.9. The van der Waals surface area contributed by atoms with E-state index in [1.807, 2.05) is 6.92 Å². The molecule has 0 radical (unpaired) electrons. The fourth-order valence-corrected chi connectivity index (χ4v) is 4.85. The maximum atomic E-state index is 13.3. The first-order valence-electron chi connectivity index (χ1n) is 11.6. The van der Waals surface area contributed by atoms with Gasteiger partial charge >= 0.3 is 10.1 Å². The largest absolute Gasteiger partial charge is 0.379 e. The third-order valence-corrected chi connectivity index (χ3v) is 7.32. The Kier molecular flexibility index (Phi) is 7.94. The van der Waals surface area contributed by atoms with Crippen LogP contribution in [0.4, 0.5) is 0 Å². The van der Waals surface area contributed by atoms with Gasteiger partial charge in [-0.15, -0.1) is 0 Å². The summed E-state index contributed by atoms with van der Waals surface area (Å²) in [6.45, 7) is 1.23. The van der Waals surface area contributed by atoms with Gasteiger partial charge in [0.05, 0.1) is 0 Å². The van der Waals surface area contributed by atoms with Gasteiger partial charge in [-0.05, 0) is 74.0 Å². The number of aryl methyl sites for hydroxylation is 1. The van der Waals surface area contributed by atoms with Crippen LogP contribution in [0, 0.1) is 6.92 Å². The molecule has 3 amide bonds. The number of halogens is 1. The molecule has 3 aromatic rings. The summed E-state index contributed by atoms with van der Waals surface area (Å²) >= 11 is 5.90. The van der Waals surface area contributed by atoms with E-state index in [0.717, 1.165) is 15.6 Å². The maximum absolute atomic E-state index is 13.3. The van der Waals surface area contributed by atoms with E-state index in [4.69, 9.17) is 15.8 Å². The lowest BCUT2D eigenvalue weighted by molar-refractivity contribution is -0.162. The number of piperidine rings is 1. The van der Waals surface area contributed by atoms with Crippen LogP contribution in [-0.2, 0) is 19.7 Å². The first-order valence-corrected chi connectivity index (χ1v) is 13.4. The number of imide groups is 1. The molecule has 4 rings (SSSR count). The topological polar surface area (TPSA) is 118 Å². The third-order valence-electron chi connectivity index (χ3n) is 5.81. The highest BCUT2D eigenvalue weighted by Gasteiger charge is 2.36. The minimum absolute atomic E-state index is 0.0161. The summed E-state index contributed by atoms with van der Waals surface area (Å²) in [4.78, 5) is 51.5. The minimum atomic E-state index is -4.08. The van der Waals surface area contributed by atoms with Crippen LogP contribution < -0.4 is 4.18 Å². The molecule has 0 bridgehead atoms. The molecule has 1 aliphatic heterocycles. The Bertz CT molecular complexity index is 1470. The molecule has 0 atom stereocenters. The highest BCUT2D eigenvalue weighted by molar-refractivity contribution is 7.87. The number of carbonyl (C=O) groups excluding carboxylic acids is 4. The Hall–Kier alpha value is -4.02. The standard InChI is InChI=1S/C27H23ClN2O7S/c1-18-5-15-23(16-6-18)38(35,36)37-22-13-9-19(10-14-22)24(31)17-29(30-25(32)3-2-4-26(30)33)27(34)20-7-11-21(28)12-8-20/h5-16H,2-4,17H2,1H3. The van der Waals surface area contributed by atoms with E-state index in [-0.39, 0.29) is 34.6 Å². The number of Topliss-reactive ketones (excluding diaryl/α,β-unsaturated/α-hetero) is 1. The Labute approximate surface area is 224 Å². The van der Waals surface area contributed by atoms with Crippen LogP contribution in [0.2, 0.25) is 5.02 Å². The molecule has 38 heavy (non-hydrogen) atoms. The minimum Gasteiger partial charge on any atom is -0.379 e. The fourth-order valence-electron chi connectivity index (χ4n) is 3.79. The van der Waals surface area contributed by atoms with E-state index < -0.39 is 40.2 Å². The summed E-state index contributed by atoms with van der Waals surface area (Å²) in [5, 5.41) is 1.95. The molecule has 3 aromatic carbocycles. The molecule has 1 aliphatic rings. The smallest absolute Gasteiger partial charge is 0.339 e. The van der Waals surface area contributed by atoms with Gasteiger partial charge in [0, 0.05) is 29.0 Å². The second-order valence-corrected chi connectivity index (χ2v) is 10.6. The summed E-state index contributed by atoms with van der Waals surface area (Å²) in [6, 6.07) is 17.3. The number of nitrogens with zero attached hydrogens (tertiary/aromatic N) is 2. The van der Waals surface area contributed by atoms with Crippen LogP contribution in [-0.4, -0.2) is 48.5 Å². The quantitative estimate of drug-likeness (QED) is 0.233. The summed E-state index contributed by atoms with van der Waals surface area (Å²) in [6.07, 6.45) is 0.482. The molecule has 196 valence electrons. The van der Waals surface area contributed by atoms with E-state index in [2.05, 4.69) is 0 Å². The second-order valence-electron chi connectivity index (χ2n) is 8.62. The lowest BCUT2D eigenvalue weighted by Crippen LogP contribution is -2.56. The predicted octanol–water partition coefficient (Wildman–Crippen LogP) is 4.20. The number of amides is 3. The molecule has 0 saturated carbocycles. The first-order chi connectivity index (χ1) is 18.0. The van der Waals surface area contributed by atoms with E-state index in [1.165, 1.54) is 60.7 Å². The van der Waals surface area contributed by atoms with Crippen molar-refractivity contribution in [2.45, 2.75) is 31.1 Å². The molecule has 0 aliphatic carbocycles. The van der Waals surface area contributed by atoms with Gasteiger partial charge in [0.1, 0.15) is 17.2 Å². The van der Waals surface area contributed by atoms with E-state index in [1.54, 1.807) is 12.1 Å². The molecule has 9 nitrogen and oxygen atoms in total. The van der Waals surface area contributed by atoms with E-state index in [9.17, 15) is 27.6 Å². The van der Waals surface area contributed by atoms with Crippen molar-refractivity contribution in [3.05, 3.63) is 94.5 Å². The Morgan fingerprint density at radius 2 is 1.42 bits per heavy atom. The number of benzene rings is 3. The Balaban J connectivity index is 1.55. The average molecular weight is 555 g/mol. The normalized spacial score (nSPS) is 13.8. The maximum Gasteiger partial charge on any atom is 0.339 e. The number of hydrogen-bond acceptors (Lipinski definition) is 7. The van der Waals surface area contributed by atoms with Gasteiger partial charge in [-0.1, -0.05) is 29.3 Å². The molecule has 0 spiro atoms. The average Bonchev–Trinajstić information content (AvgIpc) is 2.88. The summed E-state index contributed by atoms with van der Waals surface area (Å²) in [7, 11) is -4.08. The van der Waals surface area contributed by atoms with Gasteiger partial charge in [0.2, 0.25) is 11.8 Å². The fraction of sp³-hybridized carbons (Fsp3) is 0.185. The van der Waals surface area contributed by atoms with Crippen molar-refractivity contribution in [2.24, 2.45) is 0 Å². The van der Waals surface area contributed by atoms with Crippen molar-refractivity contribution in [2.75, 3.05) is 6.54 Å². The first kappa shape index (κ1) is 27.0. The highest BCUT2D eigenvalue weighted by Crippen LogP contribution is 2.22. The van der Waals surface area contributed by atoms with Crippen molar-refractivity contribution >= 4 is 45.2 Å². The molecular weight excluding hydrogens is 532 g/mol. The van der Waals surface area contributed by atoms with Crippen molar-refractivity contribution in [1.29, 1.82) is 0 Å². The van der Waals surface area contributed by atoms with Crippen LogP contribution in [0.25, 0.3) is 0 Å². The summed E-state index contributed by atoms with van der Waals surface area (Å²) in [5.74, 6) is -2.48. The zero-order chi connectivity index (χ0) is 27.4. The van der Waals surface area contributed by atoms with E-state index in [0.29, 0.717) is 11.4 Å². The SMILES string of the molecule is Cc1ccc(S(=O)(=O)Oc2ccc(C(=O)CN(C(=O)c3ccc(Cl)cc3)N3C(=O)CCCC3=O)cc2)cc1. The number of hydrazine groups is 1. The van der Waals surface area contributed by atoms with E-state index >= 15 is 0 Å². The molecule has 0 unspecified atom stereocenters. The second kappa shape index (κ2) is 11.2. The highest BCUT2D eigenvalue weighted by atomic mass is 35.5. The molecule has 1 heterocycles. The van der Waals surface area contributed by atoms with Crippen LogP contribution in [0.5, 0.6) is 5.75 Å². The summed E-state index contributed by atoms with van der Waals surface area (Å²) < 4.78 is 30.2. The van der Waals surface area contributed by atoms with Gasteiger partial charge in [-0.3, -0.25) is 19.2 Å². The molecule has 11 heteroatoms. The van der Waals surface area contributed by atoms with Crippen molar-refractivity contribution in [1.82, 2.24) is 10.0 Å². The zero-order valence-electron chi connectivity index (χ0n) is 20.3. The molecule has 1 fully saturated rings. The Morgan fingerprint density at radius 3 is 2.00 bits per heavy atom. The number of hydrogen-bond donors (Lipinski definition) is 0. The third kappa shape index (κ3) is 6.09. The number of ketones is 1. The van der Waals surface area contributed by atoms with Crippen molar-refractivity contribution in [3.63, 3.8) is 0 Å². The summed E-state index contributed by atoms with van der Waals surface area (Å²) in [5.41, 5.74) is 1.15. The lowest BCUT2D eigenvalue weighted by atomic mass is 10.1. The van der Waals surface area contributed by atoms with Crippen LogP contribution in [0.15, 0.2) is 77.7 Å². The van der Waals surface area contributed by atoms with Crippen molar-refractivity contribution < 1.29 is 31.8 Å². The molecular formula is C27H23ClN2O7S. The predicted molar refractivity (Wildman–Crippen MR) is 138 cm³/mol. The van der Waals surface area contributed by atoms with Gasteiger partial charge in [-0.25, -0.2) is 5.01 Å². The Morgan fingerprint density at radius 1 is 0.868 bits per heavy atom. The number of rotatable bonds is 8. The number of carbonyl (C=O) groups is 4. The van der Waals surface area contributed by atoms with Gasteiger partial charge in [-0.2, -0.15) is 13.4 Å². The lowest BCUT2D eigenvalue weighted by Gasteiger charge is -2.35. The monoisotopic (exact) mass is 554 g/mol. The van der Waals surface area contributed by atoms with Gasteiger partial charge in [0.25, 0.3) is 5.91 Å². The van der Waals surface area contributed by atoms with Crippen molar-refractivity contribution in [3.8, 4) is 5.75 Å². The van der Waals surface area contributed by atoms with Crippen LogP contribution in [0.1, 0.15) is 45.5 Å². The van der Waals surface area contributed by atoms with Gasteiger partial charge < -0.3 is 4.18 Å². The van der Waals surface area contributed by atoms with Gasteiger partial charge in [0.15, 0.2) is 5.78 Å². The van der Waals surface area contributed by atoms with Crippen LogP contribution in [0.3, 0.4) is 0 Å². The molecule has 0 N–H and O–H groups in total. The van der Waals surface area contributed by atoms with Crippen LogP contribution >= 0.6 is 11.6 Å². The molecule has 0 aromatic heterocycles. The molecule has 1 saturated heterocycles.